The fraction of sp³-hybridized carbons (Fsp3) is 0.667. The van der Waals surface area contributed by atoms with E-state index < -0.39 is 0 Å². The van der Waals surface area contributed by atoms with Crippen molar-refractivity contribution < 1.29 is 4.74 Å². The zero-order chi connectivity index (χ0) is 8.27. The van der Waals surface area contributed by atoms with E-state index in [0.29, 0.717) is 12.4 Å². The Morgan fingerprint density at radius 2 is 2.36 bits per heavy atom. The first kappa shape index (κ1) is 8.00. The molecule has 0 saturated carbocycles. The first-order chi connectivity index (χ1) is 5.18. The summed E-state index contributed by atoms with van der Waals surface area (Å²) in [6.07, 6.45) is 0.196. The minimum absolute atomic E-state index is 0.196. The topological polar surface area (TPSA) is 76.8 Å². The summed E-state index contributed by atoms with van der Waals surface area (Å²) in [6, 6.07) is 0. The van der Waals surface area contributed by atoms with E-state index in [9.17, 15) is 0 Å². The van der Waals surface area contributed by atoms with Gasteiger partial charge in [0.1, 0.15) is 6.61 Å². The van der Waals surface area contributed by atoms with Gasteiger partial charge in [-0.05, 0) is 13.8 Å². The van der Waals surface area contributed by atoms with Crippen LogP contribution >= 0.6 is 0 Å². The van der Waals surface area contributed by atoms with Gasteiger partial charge in [0.05, 0.1) is 6.10 Å². The minimum atomic E-state index is 0.196. The number of nitrogen functional groups attached to an aromatic ring is 1. The van der Waals surface area contributed by atoms with E-state index in [0.717, 1.165) is 0 Å². The van der Waals surface area contributed by atoms with Crippen molar-refractivity contribution in [1.29, 1.82) is 0 Å². The van der Waals surface area contributed by atoms with Gasteiger partial charge in [-0.3, -0.25) is 5.10 Å². The molecule has 3 N–H and O–H groups in total. The molecule has 0 radical (unpaired) electrons. The van der Waals surface area contributed by atoms with Gasteiger partial charge in [-0.2, -0.15) is 4.98 Å². The van der Waals surface area contributed by atoms with Crippen molar-refractivity contribution in [2.45, 2.75) is 26.6 Å². The smallest absolute Gasteiger partial charge is 0.239 e. The molecule has 62 valence electrons. The van der Waals surface area contributed by atoms with Crippen molar-refractivity contribution >= 4 is 5.95 Å². The minimum Gasteiger partial charge on any atom is -0.371 e. The number of aromatic nitrogens is 3. The second-order valence-corrected chi connectivity index (χ2v) is 2.50. The van der Waals surface area contributed by atoms with Crippen LogP contribution in [-0.4, -0.2) is 21.3 Å². The number of nitrogens with two attached hydrogens (primary N) is 1. The predicted octanol–water partition coefficient (Wildman–Crippen LogP) is 0.312. The van der Waals surface area contributed by atoms with E-state index in [1.54, 1.807) is 0 Å². The number of hydrogen-bond acceptors (Lipinski definition) is 4. The van der Waals surface area contributed by atoms with Crippen molar-refractivity contribution in [2.75, 3.05) is 5.73 Å². The van der Waals surface area contributed by atoms with Crippen molar-refractivity contribution in [2.24, 2.45) is 0 Å². The zero-order valence-electron chi connectivity index (χ0n) is 6.66. The van der Waals surface area contributed by atoms with Gasteiger partial charge >= 0.3 is 0 Å². The molecule has 5 heteroatoms. The van der Waals surface area contributed by atoms with Gasteiger partial charge < -0.3 is 10.5 Å². The fourth-order valence-corrected chi connectivity index (χ4v) is 0.620. The fourth-order valence-electron chi connectivity index (χ4n) is 0.620. The summed E-state index contributed by atoms with van der Waals surface area (Å²) in [7, 11) is 0. The molecule has 0 aliphatic heterocycles. The highest BCUT2D eigenvalue weighted by atomic mass is 16.5. The molecule has 0 spiro atoms. The Morgan fingerprint density at radius 3 is 2.82 bits per heavy atom. The molecule has 1 heterocycles. The SMILES string of the molecule is CC(C)OCc1nc(N)n[nH]1. The lowest BCUT2D eigenvalue weighted by Gasteiger charge is -2.03. The molecule has 0 aliphatic rings. The average Bonchev–Trinajstić information content (AvgIpc) is 2.31. The van der Waals surface area contributed by atoms with Gasteiger partial charge in [0.15, 0.2) is 5.82 Å². The normalized spacial score (nSPS) is 10.8. The van der Waals surface area contributed by atoms with E-state index in [4.69, 9.17) is 10.5 Å². The monoisotopic (exact) mass is 156 g/mol. The number of nitrogens with zero attached hydrogens (tertiary/aromatic N) is 2. The number of H-pyrrole nitrogens is 1. The molecule has 0 saturated heterocycles. The molecular formula is C6H12N4O. The van der Waals surface area contributed by atoms with Crippen LogP contribution < -0.4 is 5.73 Å². The van der Waals surface area contributed by atoms with Crippen molar-refractivity contribution in [1.82, 2.24) is 15.2 Å². The van der Waals surface area contributed by atoms with E-state index in [1.165, 1.54) is 0 Å². The third-order valence-corrected chi connectivity index (χ3v) is 1.10. The lowest BCUT2D eigenvalue weighted by Crippen LogP contribution is -2.03. The Bertz CT molecular complexity index is 220. The van der Waals surface area contributed by atoms with E-state index in [1.807, 2.05) is 13.8 Å². The van der Waals surface area contributed by atoms with Gasteiger partial charge in [-0.25, -0.2) is 0 Å². The van der Waals surface area contributed by atoms with Crippen LogP contribution in [0, 0.1) is 0 Å². The first-order valence-corrected chi connectivity index (χ1v) is 3.47. The number of rotatable bonds is 3. The standard InChI is InChI=1S/C6H12N4O/c1-4(2)11-3-5-8-6(7)10-9-5/h4H,3H2,1-2H3,(H3,7,8,9,10). The molecule has 0 unspecified atom stereocenters. The summed E-state index contributed by atoms with van der Waals surface area (Å²) in [5, 5.41) is 6.31. The molecule has 0 aliphatic carbocycles. The maximum absolute atomic E-state index is 5.28. The molecule has 11 heavy (non-hydrogen) atoms. The van der Waals surface area contributed by atoms with Crippen molar-refractivity contribution in [3.63, 3.8) is 0 Å². The van der Waals surface area contributed by atoms with Crippen LogP contribution in [0.5, 0.6) is 0 Å². The molecular weight excluding hydrogens is 144 g/mol. The molecule has 0 atom stereocenters. The van der Waals surface area contributed by atoms with Crippen LogP contribution in [0.3, 0.4) is 0 Å². The summed E-state index contributed by atoms with van der Waals surface area (Å²) in [5.41, 5.74) is 5.28. The number of aromatic amines is 1. The van der Waals surface area contributed by atoms with Crippen molar-refractivity contribution in [3.05, 3.63) is 5.82 Å². The van der Waals surface area contributed by atoms with E-state index in [2.05, 4.69) is 15.2 Å². The number of nitrogens with one attached hydrogen (secondary N) is 1. The second kappa shape index (κ2) is 3.34. The molecule has 1 rings (SSSR count). The lowest BCUT2D eigenvalue weighted by molar-refractivity contribution is 0.0615. The Hall–Kier alpha value is -1.10. The highest BCUT2D eigenvalue weighted by Gasteiger charge is 2.00. The highest BCUT2D eigenvalue weighted by molar-refractivity contribution is 5.11. The van der Waals surface area contributed by atoms with Crippen molar-refractivity contribution in [3.8, 4) is 0 Å². The first-order valence-electron chi connectivity index (χ1n) is 3.47. The Labute approximate surface area is 65.0 Å². The maximum Gasteiger partial charge on any atom is 0.239 e. The summed E-state index contributed by atoms with van der Waals surface area (Å²) >= 11 is 0. The predicted molar refractivity (Wildman–Crippen MR) is 40.7 cm³/mol. The third kappa shape index (κ3) is 2.55. The summed E-state index contributed by atoms with van der Waals surface area (Å²) in [5.74, 6) is 0.920. The molecule has 0 amide bonds. The lowest BCUT2D eigenvalue weighted by atomic mass is 10.5. The van der Waals surface area contributed by atoms with Crippen LogP contribution in [0.4, 0.5) is 5.95 Å². The molecule has 0 bridgehead atoms. The largest absolute Gasteiger partial charge is 0.371 e. The molecule has 0 fully saturated rings. The highest BCUT2D eigenvalue weighted by Crippen LogP contribution is 1.97. The van der Waals surface area contributed by atoms with Gasteiger partial charge in [0.25, 0.3) is 0 Å². The van der Waals surface area contributed by atoms with Crippen LogP contribution in [0.15, 0.2) is 0 Å². The number of anilines is 1. The molecule has 5 nitrogen and oxygen atoms in total. The van der Waals surface area contributed by atoms with Crippen LogP contribution in [0.1, 0.15) is 19.7 Å². The van der Waals surface area contributed by atoms with Gasteiger partial charge in [0.2, 0.25) is 5.95 Å². The number of hydrogen-bond donors (Lipinski definition) is 2. The summed E-state index contributed by atoms with van der Waals surface area (Å²) in [6.45, 7) is 4.35. The van der Waals surface area contributed by atoms with Crippen LogP contribution in [0.25, 0.3) is 0 Å². The number of ether oxygens (including phenoxy) is 1. The van der Waals surface area contributed by atoms with Gasteiger partial charge in [-0.1, -0.05) is 0 Å². The van der Waals surface area contributed by atoms with Crippen LogP contribution in [0.2, 0.25) is 0 Å². The van der Waals surface area contributed by atoms with Gasteiger partial charge in [-0.15, -0.1) is 5.10 Å². The molecule has 1 aromatic heterocycles. The maximum atomic E-state index is 5.28. The van der Waals surface area contributed by atoms with E-state index in [-0.39, 0.29) is 12.1 Å². The Kier molecular flexibility index (Phi) is 2.43. The second-order valence-electron chi connectivity index (χ2n) is 2.50. The Morgan fingerprint density at radius 1 is 1.64 bits per heavy atom. The molecule has 1 aromatic rings. The summed E-state index contributed by atoms with van der Waals surface area (Å²) in [4.78, 5) is 3.87. The van der Waals surface area contributed by atoms with Crippen LogP contribution in [-0.2, 0) is 11.3 Å². The summed E-state index contributed by atoms with van der Waals surface area (Å²) < 4.78 is 5.25. The quantitative estimate of drug-likeness (QED) is 0.660. The van der Waals surface area contributed by atoms with E-state index >= 15 is 0 Å². The van der Waals surface area contributed by atoms with Gasteiger partial charge in [0, 0.05) is 0 Å². The average molecular weight is 156 g/mol. The molecule has 0 aromatic carbocycles. The third-order valence-electron chi connectivity index (χ3n) is 1.10. The Balaban J connectivity index is 2.39. The zero-order valence-corrected chi connectivity index (χ0v) is 6.66.